The molecule has 1 heterocycles. The Morgan fingerprint density at radius 1 is 1.06 bits per heavy atom. The Bertz CT molecular complexity index is 1310. The lowest BCUT2D eigenvalue weighted by Crippen LogP contribution is -2.27. The van der Waals surface area contributed by atoms with Gasteiger partial charge in [0.2, 0.25) is 0 Å². The Labute approximate surface area is 212 Å². The largest absolute Gasteiger partial charge is 0.493 e. The zero-order valence-electron chi connectivity index (χ0n) is 17.8. The van der Waals surface area contributed by atoms with E-state index in [-0.39, 0.29) is 39.7 Å². The van der Waals surface area contributed by atoms with Gasteiger partial charge in [0.1, 0.15) is 5.82 Å². The number of imide groups is 1. The van der Waals surface area contributed by atoms with E-state index in [1.807, 2.05) is 24.3 Å². The van der Waals surface area contributed by atoms with Crippen molar-refractivity contribution < 1.29 is 28.2 Å². The van der Waals surface area contributed by atoms with Crippen molar-refractivity contribution in [1.29, 1.82) is 0 Å². The number of hydrogen-bond donors (Lipinski definition) is 0. The minimum atomic E-state index is -0.860. The first-order valence-corrected chi connectivity index (χ1v) is 11.9. The molecule has 6 nitrogen and oxygen atoms in total. The van der Waals surface area contributed by atoms with Crippen LogP contribution in [-0.4, -0.2) is 29.1 Å². The maximum Gasteiger partial charge on any atom is 0.346 e. The fourth-order valence-electron chi connectivity index (χ4n) is 3.20. The minimum Gasteiger partial charge on any atom is -0.493 e. The van der Waals surface area contributed by atoms with Crippen molar-refractivity contribution in [3.05, 3.63) is 97.7 Å². The Morgan fingerprint density at radius 3 is 2.50 bits per heavy atom. The number of hydrogen-bond acceptors (Lipinski definition) is 6. The molecular weight excluding hydrogens is 572 g/mol. The molecule has 3 aromatic rings. The Hall–Kier alpha value is -3.18. The van der Waals surface area contributed by atoms with Crippen LogP contribution in [0, 0.1) is 9.39 Å². The van der Waals surface area contributed by atoms with E-state index in [2.05, 4.69) is 22.6 Å². The van der Waals surface area contributed by atoms with E-state index in [0.29, 0.717) is 5.56 Å². The van der Waals surface area contributed by atoms with Gasteiger partial charge >= 0.3 is 5.97 Å². The number of halogens is 2. The lowest BCUT2D eigenvalue weighted by atomic mass is 10.1. The second-order valence-electron chi connectivity index (χ2n) is 7.17. The van der Waals surface area contributed by atoms with Crippen LogP contribution in [0.3, 0.4) is 0 Å². The molecule has 9 heteroatoms. The lowest BCUT2D eigenvalue weighted by Gasteiger charge is -2.12. The number of benzene rings is 3. The van der Waals surface area contributed by atoms with Crippen molar-refractivity contribution in [3.8, 4) is 11.5 Å². The number of esters is 1. The van der Waals surface area contributed by atoms with Crippen LogP contribution < -0.4 is 9.47 Å². The summed E-state index contributed by atoms with van der Waals surface area (Å²) in [6, 6.07) is 17.7. The van der Waals surface area contributed by atoms with E-state index < -0.39 is 11.8 Å². The molecule has 2 amide bonds. The molecule has 0 N–H and O–H groups in total. The molecule has 1 aliphatic rings. The predicted molar refractivity (Wildman–Crippen MR) is 135 cm³/mol. The normalized spacial score (nSPS) is 14.6. The number of carbonyl (C=O) groups is 3. The first kappa shape index (κ1) is 24.0. The summed E-state index contributed by atoms with van der Waals surface area (Å²) in [6.07, 6.45) is 1.57. The van der Waals surface area contributed by atoms with Gasteiger partial charge in [-0.25, -0.2) is 9.18 Å². The molecule has 1 aliphatic heterocycles. The van der Waals surface area contributed by atoms with Crippen molar-refractivity contribution in [2.45, 2.75) is 6.54 Å². The third-order valence-electron chi connectivity index (χ3n) is 4.91. The fourth-order valence-corrected chi connectivity index (χ4v) is 4.40. The van der Waals surface area contributed by atoms with Crippen molar-refractivity contribution >= 4 is 57.5 Å². The van der Waals surface area contributed by atoms with Gasteiger partial charge in [-0.3, -0.25) is 14.5 Å². The van der Waals surface area contributed by atoms with Gasteiger partial charge in [0, 0.05) is 3.57 Å². The van der Waals surface area contributed by atoms with Crippen molar-refractivity contribution in [3.63, 3.8) is 0 Å². The Balaban J connectivity index is 1.52. The van der Waals surface area contributed by atoms with Crippen LogP contribution >= 0.6 is 34.4 Å². The highest BCUT2D eigenvalue weighted by Gasteiger charge is 2.35. The zero-order valence-corrected chi connectivity index (χ0v) is 20.8. The van der Waals surface area contributed by atoms with Crippen molar-refractivity contribution in [2.24, 2.45) is 0 Å². The smallest absolute Gasteiger partial charge is 0.346 e. The second-order valence-corrected chi connectivity index (χ2v) is 9.41. The van der Waals surface area contributed by atoms with Gasteiger partial charge in [-0.05, 0) is 88.0 Å². The van der Waals surface area contributed by atoms with Gasteiger partial charge < -0.3 is 9.47 Å². The number of rotatable bonds is 6. The van der Waals surface area contributed by atoms with Crippen LogP contribution in [0.1, 0.15) is 21.5 Å². The Kier molecular flexibility index (Phi) is 7.32. The number of carbonyl (C=O) groups excluding carboxylic acids is 3. The third kappa shape index (κ3) is 5.31. The highest BCUT2D eigenvalue weighted by Crippen LogP contribution is 2.35. The average Bonchev–Trinajstić information content (AvgIpc) is 3.08. The summed E-state index contributed by atoms with van der Waals surface area (Å²) in [5.41, 5.74) is 1.23. The van der Waals surface area contributed by atoms with Gasteiger partial charge in [0.25, 0.3) is 11.1 Å². The maximum absolute atomic E-state index is 13.9. The summed E-state index contributed by atoms with van der Waals surface area (Å²) in [7, 11) is 1.40. The quantitative estimate of drug-likeness (QED) is 0.155. The lowest BCUT2D eigenvalue weighted by molar-refractivity contribution is -0.123. The zero-order chi connectivity index (χ0) is 24.2. The summed E-state index contributed by atoms with van der Waals surface area (Å²) >= 11 is 3.04. The van der Waals surface area contributed by atoms with E-state index >= 15 is 0 Å². The van der Waals surface area contributed by atoms with E-state index in [1.165, 1.54) is 42.3 Å². The van der Waals surface area contributed by atoms with Crippen LogP contribution in [0.25, 0.3) is 6.08 Å². The summed E-state index contributed by atoms with van der Waals surface area (Å²) in [5.74, 6) is -1.62. The van der Waals surface area contributed by atoms with Gasteiger partial charge in [0.05, 0.1) is 24.1 Å². The van der Waals surface area contributed by atoms with E-state index in [0.717, 1.165) is 20.9 Å². The number of nitrogens with zero attached hydrogens (tertiary/aromatic N) is 1. The summed E-state index contributed by atoms with van der Waals surface area (Å²) in [5, 5.41) is -0.350. The van der Waals surface area contributed by atoms with Gasteiger partial charge in [-0.2, -0.15) is 0 Å². The molecule has 0 spiro atoms. The average molecular weight is 589 g/mol. The first-order chi connectivity index (χ1) is 16.4. The molecule has 172 valence electrons. The molecule has 0 aliphatic carbocycles. The summed E-state index contributed by atoms with van der Waals surface area (Å²) in [4.78, 5) is 39.1. The van der Waals surface area contributed by atoms with Gasteiger partial charge in [-0.1, -0.05) is 30.3 Å². The van der Waals surface area contributed by atoms with E-state index in [4.69, 9.17) is 9.47 Å². The molecule has 0 radical (unpaired) electrons. The monoisotopic (exact) mass is 589 g/mol. The highest BCUT2D eigenvalue weighted by molar-refractivity contribution is 14.1. The van der Waals surface area contributed by atoms with Gasteiger partial charge in [0.15, 0.2) is 11.5 Å². The van der Waals surface area contributed by atoms with Crippen molar-refractivity contribution in [1.82, 2.24) is 4.90 Å². The molecule has 0 atom stereocenters. The number of thioether (sulfide) groups is 1. The molecule has 34 heavy (non-hydrogen) atoms. The molecule has 0 bridgehead atoms. The summed E-state index contributed by atoms with van der Waals surface area (Å²) in [6.45, 7) is 0.188. The van der Waals surface area contributed by atoms with Crippen LogP contribution in [-0.2, 0) is 11.3 Å². The second kappa shape index (κ2) is 10.4. The fraction of sp³-hybridized carbons (Fsp3) is 0.0800. The molecule has 0 aromatic heterocycles. The maximum atomic E-state index is 13.9. The molecular formula is C25H17FINO5S. The van der Waals surface area contributed by atoms with E-state index in [9.17, 15) is 18.8 Å². The Morgan fingerprint density at radius 2 is 1.79 bits per heavy atom. The van der Waals surface area contributed by atoms with Crippen LogP contribution in [0.15, 0.2) is 71.6 Å². The molecule has 0 saturated carbocycles. The number of methoxy groups -OCH3 is 1. The molecule has 0 unspecified atom stereocenters. The molecule has 1 saturated heterocycles. The first-order valence-electron chi connectivity index (χ1n) is 10.0. The van der Waals surface area contributed by atoms with Crippen LogP contribution in [0.5, 0.6) is 11.5 Å². The van der Waals surface area contributed by atoms with Gasteiger partial charge in [-0.15, -0.1) is 0 Å². The summed E-state index contributed by atoms with van der Waals surface area (Å²) < 4.78 is 25.5. The molecule has 4 rings (SSSR count). The standard InChI is InChI=1S/C25H17FINO5S/c1-32-21-12-16(8-11-20(21)33-24(30)18-4-2-3-5-19(18)26)13-22-23(29)28(25(31)34-22)14-15-6-9-17(27)10-7-15/h2-13H,14H2,1H3/b22-13-. The molecule has 3 aromatic carbocycles. The SMILES string of the molecule is COc1cc(/C=C2\SC(=O)N(Cc3ccc(I)cc3)C2=O)ccc1OC(=O)c1ccccc1F. The van der Waals surface area contributed by atoms with Crippen LogP contribution in [0.4, 0.5) is 9.18 Å². The number of ether oxygens (including phenoxy) is 2. The van der Waals surface area contributed by atoms with E-state index in [1.54, 1.807) is 18.2 Å². The number of amides is 2. The minimum absolute atomic E-state index is 0.0970. The third-order valence-corrected chi connectivity index (χ3v) is 6.54. The topological polar surface area (TPSA) is 72.9 Å². The van der Waals surface area contributed by atoms with Crippen molar-refractivity contribution in [2.75, 3.05) is 7.11 Å². The van der Waals surface area contributed by atoms with Crippen LogP contribution in [0.2, 0.25) is 0 Å². The highest BCUT2D eigenvalue weighted by atomic mass is 127. The molecule has 1 fully saturated rings. The predicted octanol–water partition coefficient (Wildman–Crippen LogP) is 5.89.